The van der Waals surface area contributed by atoms with E-state index in [1.165, 1.54) is 36.5 Å². The van der Waals surface area contributed by atoms with Crippen molar-refractivity contribution in [1.29, 1.82) is 0 Å². The quantitative estimate of drug-likeness (QED) is 0.0893. The lowest BCUT2D eigenvalue weighted by molar-refractivity contribution is -0.137. The number of nitrogens with two attached hydrogens (primary N) is 1. The van der Waals surface area contributed by atoms with Gasteiger partial charge in [-0.2, -0.15) is 9.49 Å². The van der Waals surface area contributed by atoms with Crippen LogP contribution in [0.4, 0.5) is 14.5 Å². The molecule has 0 saturated heterocycles. The Morgan fingerprint density at radius 1 is 1.26 bits per heavy atom. The third-order valence-corrected chi connectivity index (χ3v) is 6.21. The average Bonchev–Trinajstić information content (AvgIpc) is 3.41. The van der Waals surface area contributed by atoms with Crippen LogP contribution in [0.5, 0.6) is 5.75 Å². The number of carboxylic acid groups (broad SMARTS) is 1. The molecule has 3 rings (SSSR count). The summed E-state index contributed by atoms with van der Waals surface area (Å²) in [6.07, 6.45) is -0.466. The maximum Gasteiger partial charge on any atom is 0.303 e. The Morgan fingerprint density at radius 2 is 2.02 bits per heavy atom. The molecule has 4 atom stereocenters. The number of fused-ring (bicyclic) bond motifs is 1. The van der Waals surface area contributed by atoms with Crippen LogP contribution in [0.2, 0.25) is 5.02 Å². The number of carboxylic acids is 1. The lowest BCUT2D eigenvalue weighted by atomic mass is 10.0. The van der Waals surface area contributed by atoms with Crippen LogP contribution < -0.4 is 26.4 Å². The monoisotopic (exact) mass is 625 g/mol. The molecule has 7 N–H and O–H groups in total. The number of amides is 2. The second kappa shape index (κ2) is 15.3. The minimum absolute atomic E-state index is 0.00661. The number of aromatic amines is 1. The number of aliphatic carboxylic acids is 1. The van der Waals surface area contributed by atoms with Crippen LogP contribution in [-0.2, 0) is 9.59 Å². The highest BCUT2D eigenvalue weighted by molar-refractivity contribution is 7.16. The van der Waals surface area contributed by atoms with Crippen molar-refractivity contribution >= 4 is 61.2 Å². The molecule has 0 aliphatic carbocycles. The van der Waals surface area contributed by atoms with Crippen molar-refractivity contribution in [2.45, 2.75) is 31.9 Å². The second-order valence-electron chi connectivity index (χ2n) is 9.39. The number of hydrogen-bond acceptors (Lipinski definition) is 6. The first-order valence-electron chi connectivity index (χ1n) is 12.7. The number of benzene rings is 2. The summed E-state index contributed by atoms with van der Waals surface area (Å²) in [5.41, 5.74) is 7.42. The summed E-state index contributed by atoms with van der Waals surface area (Å²) in [4.78, 5) is 41.1. The third kappa shape index (κ3) is 9.81. The number of ether oxygens (including phenoxy) is 1. The van der Waals surface area contributed by atoms with Crippen LogP contribution in [0.1, 0.15) is 41.7 Å². The van der Waals surface area contributed by atoms with Crippen molar-refractivity contribution in [2.24, 2.45) is 16.6 Å². The largest absolute Gasteiger partial charge is 0.481 e. The molecule has 4 unspecified atom stereocenters. The number of H-pyrrole nitrogens is 1. The molecule has 0 aliphatic rings. The zero-order valence-electron chi connectivity index (χ0n) is 22.5. The predicted molar refractivity (Wildman–Crippen MR) is 158 cm³/mol. The Bertz CT molecular complexity index is 1460. The van der Waals surface area contributed by atoms with Gasteiger partial charge in [-0.25, -0.2) is 0 Å². The molecule has 1 heterocycles. The van der Waals surface area contributed by atoms with Gasteiger partial charge < -0.3 is 31.5 Å². The number of aliphatic imine (C=N–C) groups is 1. The van der Waals surface area contributed by atoms with Gasteiger partial charge in [0.05, 0.1) is 36.7 Å². The predicted octanol–water partition coefficient (Wildman–Crippen LogP) is 3.51. The van der Waals surface area contributed by atoms with E-state index in [2.05, 4.69) is 31.1 Å². The normalized spacial score (nSPS) is 13.7. The second-order valence-corrected chi connectivity index (χ2v) is 10.4. The Labute approximate surface area is 247 Å². The van der Waals surface area contributed by atoms with Gasteiger partial charge in [0.1, 0.15) is 5.75 Å². The molecule has 2 aromatic carbocycles. The number of nitrogens with one attached hydrogen (secondary N) is 4. The van der Waals surface area contributed by atoms with Crippen LogP contribution in [0.25, 0.3) is 10.9 Å². The molecule has 0 fully saturated rings. The molecule has 42 heavy (non-hydrogen) atoms. The van der Waals surface area contributed by atoms with Gasteiger partial charge in [0.25, 0.3) is 5.91 Å². The van der Waals surface area contributed by atoms with Crippen molar-refractivity contribution in [3.05, 3.63) is 52.7 Å². The van der Waals surface area contributed by atoms with Crippen LogP contribution in [0.15, 0.2) is 41.5 Å². The van der Waals surface area contributed by atoms with Crippen LogP contribution >= 0.6 is 20.8 Å². The number of hydrogen-bond donors (Lipinski definition) is 6. The highest BCUT2D eigenvalue weighted by Gasteiger charge is 2.20. The van der Waals surface area contributed by atoms with Crippen LogP contribution in [0.3, 0.4) is 0 Å². The molecule has 3 aromatic rings. The minimum atomic E-state index is -1.70. The van der Waals surface area contributed by atoms with Crippen molar-refractivity contribution in [3.8, 4) is 5.75 Å². The summed E-state index contributed by atoms with van der Waals surface area (Å²) in [6, 6.07) is 6.52. The zero-order chi connectivity index (χ0) is 30.8. The highest BCUT2D eigenvalue weighted by atomic mass is 35.5. The van der Waals surface area contributed by atoms with Gasteiger partial charge in [-0.1, -0.05) is 27.8 Å². The Morgan fingerprint density at radius 3 is 2.71 bits per heavy atom. The molecule has 0 bridgehead atoms. The molecule has 2 amide bonds. The molecule has 12 nitrogen and oxygen atoms in total. The fourth-order valence-corrected chi connectivity index (χ4v) is 4.24. The summed E-state index contributed by atoms with van der Waals surface area (Å²) in [5, 5.41) is 24.8. The maximum absolute atomic E-state index is 13.3. The Hall–Kier alpha value is -4.03. The number of rotatable bonds is 14. The van der Waals surface area contributed by atoms with Gasteiger partial charge in [0, 0.05) is 34.9 Å². The van der Waals surface area contributed by atoms with E-state index < -0.39 is 43.1 Å². The summed E-state index contributed by atoms with van der Waals surface area (Å²) >= 11 is 6.13. The molecule has 0 spiro atoms. The molecule has 1 aromatic heterocycles. The molecular formula is C26H31ClF2N7O5P. The molecule has 0 radical (unpaired) electrons. The standard InChI is InChI=1S/C26H31ClF2N7O5P/c1-13(9-28)10-32-26(30)35-20-6-15(7-21-18(20)11-33-36-21)24(40)31-12-22(37)34-19(2-3-23(38)39)14-4-16(27)8-17(5-14)41-25(29)42/h4-8,11,13,19,25H,2-3,9-10,12,42H2,1H3,(H,31,40)(H,33,36)(H,34,37)(H,38,39)(H3,30,32,35). The number of aromatic nitrogens is 2. The summed E-state index contributed by atoms with van der Waals surface area (Å²) < 4.78 is 31.1. The minimum Gasteiger partial charge on any atom is -0.481 e. The van der Waals surface area contributed by atoms with Crippen molar-refractivity contribution in [1.82, 2.24) is 20.8 Å². The fraction of sp³-hybridized carbons (Fsp3) is 0.346. The number of nitrogens with zero attached hydrogens (tertiary/aromatic N) is 2. The topological polar surface area (TPSA) is 184 Å². The fourth-order valence-electron chi connectivity index (χ4n) is 3.85. The van der Waals surface area contributed by atoms with Crippen molar-refractivity contribution in [2.75, 3.05) is 25.1 Å². The third-order valence-electron chi connectivity index (χ3n) is 5.86. The molecule has 16 heteroatoms. The molecular weight excluding hydrogens is 595 g/mol. The summed E-state index contributed by atoms with van der Waals surface area (Å²) in [6.45, 7) is 0.870. The first-order chi connectivity index (χ1) is 19.9. The van der Waals surface area contributed by atoms with Gasteiger partial charge in [0.2, 0.25) is 12.0 Å². The number of alkyl halides is 2. The first-order valence-corrected chi connectivity index (χ1v) is 13.8. The lowest BCUT2D eigenvalue weighted by Crippen LogP contribution is -2.39. The SMILES string of the molecule is CC(CF)C/N=C(\N)Nc1cc(C(=O)NCC(=O)NC(CCC(=O)O)c2cc(Cl)cc(OC(F)P)c2)cc2[nH]ncc12. The van der Waals surface area contributed by atoms with Crippen molar-refractivity contribution in [3.63, 3.8) is 0 Å². The van der Waals surface area contributed by atoms with E-state index in [0.717, 1.165) is 0 Å². The number of halogens is 3. The average molecular weight is 626 g/mol. The van der Waals surface area contributed by atoms with Gasteiger partial charge in [-0.05, 0) is 42.3 Å². The number of carbonyl (C=O) groups is 3. The van der Waals surface area contributed by atoms with Crippen LogP contribution in [-0.4, -0.2) is 64.9 Å². The van der Waals surface area contributed by atoms with Gasteiger partial charge in [-0.3, -0.25) is 28.9 Å². The zero-order valence-corrected chi connectivity index (χ0v) is 24.4. The van der Waals surface area contributed by atoms with E-state index >= 15 is 0 Å². The smallest absolute Gasteiger partial charge is 0.303 e. The molecule has 0 saturated carbocycles. The summed E-state index contributed by atoms with van der Waals surface area (Å²) in [5.74, 6) is -2.49. The first kappa shape index (κ1) is 32.5. The number of guanidine groups is 1. The van der Waals surface area contributed by atoms with E-state index in [-0.39, 0.29) is 47.6 Å². The maximum atomic E-state index is 13.3. The Balaban J connectivity index is 1.72. The Kier molecular flexibility index (Phi) is 11.8. The van der Waals surface area contributed by atoms with E-state index in [0.29, 0.717) is 22.2 Å². The van der Waals surface area contributed by atoms with Crippen LogP contribution in [0, 0.1) is 5.92 Å². The molecule has 0 aliphatic heterocycles. The van der Waals surface area contributed by atoms with E-state index in [1.54, 1.807) is 6.92 Å². The lowest BCUT2D eigenvalue weighted by Gasteiger charge is -2.20. The van der Waals surface area contributed by atoms with E-state index in [9.17, 15) is 23.2 Å². The van der Waals surface area contributed by atoms with Gasteiger partial charge >= 0.3 is 5.97 Å². The van der Waals surface area contributed by atoms with Gasteiger partial charge in [-0.15, -0.1) is 0 Å². The van der Waals surface area contributed by atoms with E-state index in [1.807, 2.05) is 9.24 Å². The van der Waals surface area contributed by atoms with Crippen molar-refractivity contribution < 1.29 is 33.0 Å². The number of carbonyl (C=O) groups excluding carboxylic acids is 2. The van der Waals surface area contributed by atoms with E-state index in [4.69, 9.17) is 27.2 Å². The summed E-state index contributed by atoms with van der Waals surface area (Å²) in [7, 11) is 1.83. The molecule has 226 valence electrons. The highest BCUT2D eigenvalue weighted by Crippen LogP contribution is 2.29. The number of anilines is 1. The van der Waals surface area contributed by atoms with Gasteiger partial charge in [0.15, 0.2) is 5.96 Å².